The number of rotatable bonds is 4. The lowest BCUT2D eigenvalue weighted by Crippen LogP contribution is -2.62. The van der Waals surface area contributed by atoms with Crippen molar-refractivity contribution < 1.29 is 18.1 Å². The Balaban J connectivity index is 1.81. The van der Waals surface area contributed by atoms with Crippen molar-refractivity contribution in [2.24, 2.45) is 11.8 Å². The average molecular weight is 435 g/mol. The summed E-state index contributed by atoms with van der Waals surface area (Å²) in [5.74, 6) is -0.125. The van der Waals surface area contributed by atoms with Crippen molar-refractivity contribution in [1.29, 1.82) is 0 Å². The third-order valence-corrected chi connectivity index (χ3v) is 9.48. The first-order chi connectivity index (χ1) is 13.7. The molecule has 160 valence electrons. The molecule has 3 aliphatic rings. The van der Waals surface area contributed by atoms with E-state index in [1.165, 1.54) is 5.57 Å². The second-order valence-electron chi connectivity index (χ2n) is 9.79. The lowest BCUT2D eigenvalue weighted by Gasteiger charge is -2.57. The first-order valence-corrected chi connectivity index (χ1v) is 15.3. The summed E-state index contributed by atoms with van der Waals surface area (Å²) in [5.41, 5.74) is 1.28. The Hall–Kier alpha value is -0.793. The third-order valence-electron chi connectivity index (χ3n) is 6.55. The van der Waals surface area contributed by atoms with Crippen molar-refractivity contribution in [3.05, 3.63) is 42.0 Å². The van der Waals surface area contributed by atoms with Gasteiger partial charge in [-0.05, 0) is 56.6 Å². The lowest BCUT2D eigenvalue weighted by molar-refractivity contribution is -0.200. The van der Waals surface area contributed by atoms with Crippen LogP contribution in [0.4, 0.5) is 0 Å². The van der Waals surface area contributed by atoms with Crippen molar-refractivity contribution in [2.45, 2.75) is 74.3 Å². The van der Waals surface area contributed by atoms with Crippen LogP contribution in [-0.4, -0.2) is 42.4 Å². The molecule has 0 N–H and O–H groups in total. The van der Waals surface area contributed by atoms with Gasteiger partial charge in [-0.15, -0.1) is 0 Å². The van der Waals surface area contributed by atoms with Gasteiger partial charge >= 0.3 is 0 Å². The van der Waals surface area contributed by atoms with E-state index >= 15 is 0 Å². The molecule has 1 saturated heterocycles. The Labute approximate surface area is 178 Å². The molecule has 0 aromatic heterocycles. The summed E-state index contributed by atoms with van der Waals surface area (Å²) in [6.07, 6.45) is 4.61. The molecule has 4 nitrogen and oxygen atoms in total. The van der Waals surface area contributed by atoms with Gasteiger partial charge in [0.15, 0.2) is 14.1 Å². The number of ether oxygens (including phenoxy) is 2. The average Bonchev–Trinajstić information content (AvgIpc) is 3.11. The van der Waals surface area contributed by atoms with Gasteiger partial charge in [0.05, 0.1) is 34.9 Å². The highest BCUT2D eigenvalue weighted by Gasteiger charge is 2.62. The Morgan fingerprint density at radius 2 is 1.79 bits per heavy atom. The van der Waals surface area contributed by atoms with Gasteiger partial charge < -0.3 is 13.9 Å². The zero-order valence-corrected chi connectivity index (χ0v) is 20.1. The molecule has 1 aliphatic heterocycles. The van der Waals surface area contributed by atoms with E-state index in [2.05, 4.69) is 39.6 Å². The molecule has 1 heterocycles. The minimum absolute atomic E-state index is 0.124. The van der Waals surface area contributed by atoms with Crippen LogP contribution in [0.5, 0.6) is 0 Å². The van der Waals surface area contributed by atoms with E-state index < -0.39 is 29.7 Å². The zero-order valence-electron chi connectivity index (χ0n) is 18.3. The minimum Gasteiger partial charge on any atom is -0.414 e. The maximum Gasteiger partial charge on any atom is 0.184 e. The van der Waals surface area contributed by atoms with Gasteiger partial charge in [-0.2, -0.15) is 0 Å². The summed E-state index contributed by atoms with van der Waals surface area (Å²) >= 11 is 0. The van der Waals surface area contributed by atoms with Gasteiger partial charge in [-0.25, -0.2) is 0 Å². The van der Waals surface area contributed by atoms with Crippen LogP contribution < -0.4 is 0 Å². The molecule has 1 unspecified atom stereocenters. The summed E-state index contributed by atoms with van der Waals surface area (Å²) < 4.78 is 32.8. The van der Waals surface area contributed by atoms with E-state index in [1.54, 1.807) is 0 Å². The molecule has 1 spiro atoms. The van der Waals surface area contributed by atoms with Gasteiger partial charge in [-0.1, -0.05) is 31.2 Å². The van der Waals surface area contributed by atoms with E-state index in [4.69, 9.17) is 13.9 Å². The van der Waals surface area contributed by atoms with Crippen LogP contribution >= 0.6 is 0 Å². The van der Waals surface area contributed by atoms with E-state index in [-0.39, 0.29) is 12.0 Å². The molecule has 5 atom stereocenters. The summed E-state index contributed by atoms with van der Waals surface area (Å²) in [5, 5.41) is 0. The van der Waals surface area contributed by atoms with Crippen LogP contribution in [0.2, 0.25) is 19.6 Å². The van der Waals surface area contributed by atoms with Crippen molar-refractivity contribution in [1.82, 2.24) is 0 Å². The molecule has 1 aromatic rings. The van der Waals surface area contributed by atoms with Crippen LogP contribution in [0, 0.1) is 11.8 Å². The van der Waals surface area contributed by atoms with Crippen LogP contribution in [0.3, 0.4) is 0 Å². The molecular formula is C23H34O4SSi. The molecule has 0 amide bonds. The maximum absolute atomic E-state index is 14.1. The molecule has 1 aromatic carbocycles. The Morgan fingerprint density at radius 3 is 2.38 bits per heavy atom. The molecule has 6 heteroatoms. The zero-order chi connectivity index (χ0) is 20.9. The summed E-state index contributed by atoms with van der Waals surface area (Å²) in [6.45, 7) is 12.3. The molecular weight excluding hydrogens is 400 g/mol. The van der Waals surface area contributed by atoms with Crippen LogP contribution in [0.25, 0.3) is 0 Å². The first kappa shape index (κ1) is 21.4. The molecule has 3 fully saturated rings. The lowest BCUT2D eigenvalue weighted by atomic mass is 9.61. The fraction of sp³-hybridized carbons (Fsp3) is 0.652. The van der Waals surface area contributed by atoms with Gasteiger partial charge in [0.1, 0.15) is 0 Å². The van der Waals surface area contributed by atoms with Crippen molar-refractivity contribution >= 4 is 19.1 Å². The Morgan fingerprint density at radius 1 is 1.14 bits per heavy atom. The first-order valence-electron chi connectivity index (χ1n) is 10.8. The van der Waals surface area contributed by atoms with E-state index in [0.717, 1.165) is 17.7 Å². The molecule has 0 radical (unpaired) electrons. The summed E-state index contributed by atoms with van der Waals surface area (Å²) in [7, 11) is -2.92. The van der Waals surface area contributed by atoms with Crippen LogP contribution in [-0.2, 0) is 24.7 Å². The Bertz CT molecular complexity index is 797. The highest BCUT2D eigenvalue weighted by atomic mass is 32.2. The van der Waals surface area contributed by atoms with Crippen LogP contribution in [0.1, 0.15) is 33.1 Å². The third kappa shape index (κ3) is 3.83. The highest BCUT2D eigenvalue weighted by molar-refractivity contribution is 7.86. The second-order valence-corrected chi connectivity index (χ2v) is 16.0. The number of fused-ring (bicyclic) bond motifs is 2. The standard InChI is InChI=1S/C23H34O4SSi/c1-6-20-19-15-23(25-12-13-26-23)16-22(20,28(24)18-10-8-7-9-11-18)14-17(2)21(19)27-29(3,4)5/h6-11,17,19,21H,12-16H2,1-5H3/t17-,19-,21-,22-,28?/m0/s1. The molecule has 2 aliphatic carbocycles. The smallest absolute Gasteiger partial charge is 0.184 e. The van der Waals surface area contributed by atoms with Gasteiger partial charge in [0, 0.05) is 23.7 Å². The molecule has 2 bridgehead atoms. The van der Waals surface area contributed by atoms with Crippen molar-refractivity contribution in [3.8, 4) is 0 Å². The van der Waals surface area contributed by atoms with Gasteiger partial charge in [-0.3, -0.25) is 4.21 Å². The minimum atomic E-state index is -1.74. The van der Waals surface area contributed by atoms with Gasteiger partial charge in [0.2, 0.25) is 0 Å². The molecule has 29 heavy (non-hydrogen) atoms. The predicted molar refractivity (Wildman–Crippen MR) is 119 cm³/mol. The van der Waals surface area contributed by atoms with E-state index in [1.807, 2.05) is 30.3 Å². The number of hydrogen-bond acceptors (Lipinski definition) is 4. The van der Waals surface area contributed by atoms with Crippen molar-refractivity contribution in [2.75, 3.05) is 13.2 Å². The quantitative estimate of drug-likeness (QED) is 0.500. The number of allylic oxidation sites excluding steroid dienone is 1. The van der Waals surface area contributed by atoms with E-state index in [9.17, 15) is 4.21 Å². The van der Waals surface area contributed by atoms with Crippen LogP contribution in [0.15, 0.2) is 46.9 Å². The second kappa shape index (κ2) is 7.72. The Kier molecular flexibility index (Phi) is 5.71. The number of hydrogen-bond donors (Lipinski definition) is 0. The normalized spacial score (nSPS) is 36.4. The summed E-state index contributed by atoms with van der Waals surface area (Å²) in [4.78, 5) is 0.886. The molecule has 4 rings (SSSR count). The topological polar surface area (TPSA) is 44.8 Å². The highest BCUT2D eigenvalue weighted by Crippen LogP contribution is 2.58. The summed E-state index contributed by atoms with van der Waals surface area (Å²) in [6, 6.07) is 9.90. The number of benzene rings is 1. The monoisotopic (exact) mass is 434 g/mol. The SMILES string of the molecule is CC=C1[C@@H]2CC3(C[C@@]1(S(=O)c1ccccc1)C[C@H](C)[C@@H]2O[Si](C)(C)C)OCCO3. The van der Waals surface area contributed by atoms with Gasteiger partial charge in [0.25, 0.3) is 0 Å². The fourth-order valence-electron chi connectivity index (χ4n) is 5.73. The fourth-order valence-corrected chi connectivity index (χ4v) is 9.04. The molecule has 2 saturated carbocycles. The largest absolute Gasteiger partial charge is 0.414 e. The predicted octanol–water partition coefficient (Wildman–Crippen LogP) is 4.89. The van der Waals surface area contributed by atoms with Crippen molar-refractivity contribution in [3.63, 3.8) is 0 Å². The van der Waals surface area contributed by atoms with E-state index in [0.29, 0.717) is 25.6 Å². The maximum atomic E-state index is 14.1.